The van der Waals surface area contributed by atoms with Crippen LogP contribution in [0.2, 0.25) is 13.1 Å². The maximum Gasteiger partial charge on any atom is 0.134 e. The zero-order valence-corrected chi connectivity index (χ0v) is 7.56. The summed E-state index contributed by atoms with van der Waals surface area (Å²) in [5.41, 5.74) is 0. The predicted molar refractivity (Wildman–Crippen MR) is 40.1 cm³/mol. The molecule has 50 valence electrons. The van der Waals surface area contributed by atoms with Gasteiger partial charge in [0.05, 0.1) is 12.7 Å². The Labute approximate surface area is 57.3 Å². The highest BCUT2D eigenvalue weighted by Crippen LogP contribution is 2.04. The van der Waals surface area contributed by atoms with Gasteiger partial charge in [-0.2, -0.15) is 11.1 Å². The lowest BCUT2D eigenvalue weighted by molar-refractivity contribution is 0.423. The molecule has 1 atom stereocenters. The highest BCUT2D eigenvalue weighted by atomic mass is 35.6. The summed E-state index contributed by atoms with van der Waals surface area (Å²) < 4.78 is 4.71. The first-order chi connectivity index (χ1) is 3.63. The van der Waals surface area contributed by atoms with Gasteiger partial charge in [0.15, 0.2) is 0 Å². The third kappa shape index (κ3) is 16.1. The summed E-state index contributed by atoms with van der Waals surface area (Å²) in [6.07, 6.45) is 0.583. The van der Waals surface area contributed by atoms with Crippen LogP contribution in [0.5, 0.6) is 0 Å². The van der Waals surface area contributed by atoms with E-state index in [1.165, 1.54) is 0 Å². The van der Waals surface area contributed by atoms with Gasteiger partial charge in [0.2, 0.25) is 0 Å². The van der Waals surface area contributed by atoms with Crippen LogP contribution >= 0.6 is 11.1 Å². The van der Waals surface area contributed by atoms with Crippen LogP contribution in [0.25, 0.3) is 0 Å². The summed E-state index contributed by atoms with van der Waals surface area (Å²) in [7, 11) is -0.667. The topological polar surface area (TPSA) is 12.5 Å². The van der Waals surface area contributed by atoms with Crippen LogP contribution in [0, 0.1) is 0 Å². The van der Waals surface area contributed by atoms with Crippen LogP contribution in [0.15, 0.2) is 0 Å². The van der Waals surface area contributed by atoms with Crippen LogP contribution < -0.4 is 0 Å². The lowest BCUT2D eigenvalue weighted by atomic mass is 10.6. The summed E-state index contributed by atoms with van der Waals surface area (Å²) in [5.74, 6) is 0. The van der Waals surface area contributed by atoms with Crippen molar-refractivity contribution in [2.45, 2.75) is 26.1 Å². The van der Waals surface area contributed by atoms with Gasteiger partial charge in [0.1, 0.15) is 8.11 Å². The fourth-order valence-electron chi connectivity index (χ4n) is 0.0962. The van der Waals surface area contributed by atoms with Crippen molar-refractivity contribution in [2.75, 3.05) is 6.61 Å². The number of rotatable bonds is 0. The molecule has 1 aliphatic heterocycles. The first kappa shape index (κ1) is 8.47. The molecule has 1 saturated heterocycles. The summed E-state index contributed by atoms with van der Waals surface area (Å²) in [4.78, 5) is 0. The third-order valence-corrected chi connectivity index (χ3v) is 0.500. The standard InChI is InChI=1S/C3H6O.C2H7ClSi/c1-3-2-4-3;1-4(2)3/h3H,2H2,1H3;4H,1-2H3. The van der Waals surface area contributed by atoms with E-state index in [1.807, 2.05) is 0 Å². The van der Waals surface area contributed by atoms with Gasteiger partial charge in [-0.3, -0.25) is 0 Å². The van der Waals surface area contributed by atoms with Crippen LogP contribution in [-0.4, -0.2) is 20.8 Å². The number of halogens is 1. The van der Waals surface area contributed by atoms with Crippen LogP contribution in [0.1, 0.15) is 6.92 Å². The smallest absolute Gasteiger partial charge is 0.134 e. The second-order valence-electron chi connectivity index (χ2n) is 2.16. The average Bonchev–Trinajstić information content (AvgIpc) is 2.19. The normalized spacial score (nSPS) is 24.4. The summed E-state index contributed by atoms with van der Waals surface area (Å²) in [6.45, 7) is 7.18. The third-order valence-electron chi connectivity index (χ3n) is 0.500. The highest BCUT2D eigenvalue weighted by Gasteiger charge is 2.13. The minimum Gasteiger partial charge on any atom is -0.373 e. The lowest BCUT2D eigenvalue weighted by Crippen LogP contribution is -1.78. The quantitative estimate of drug-likeness (QED) is 0.292. The molecule has 0 aromatic carbocycles. The van der Waals surface area contributed by atoms with Gasteiger partial charge < -0.3 is 4.74 Å². The Morgan fingerprint density at radius 1 is 1.62 bits per heavy atom. The second-order valence-corrected chi connectivity index (χ2v) is 6.80. The van der Waals surface area contributed by atoms with Gasteiger partial charge in [0, 0.05) is 0 Å². The minimum atomic E-state index is -0.667. The van der Waals surface area contributed by atoms with Gasteiger partial charge in [0.25, 0.3) is 0 Å². The molecule has 1 heterocycles. The van der Waals surface area contributed by atoms with Crippen molar-refractivity contribution in [3.05, 3.63) is 0 Å². The molecule has 1 unspecified atom stereocenters. The van der Waals surface area contributed by atoms with Crippen molar-refractivity contribution in [3.63, 3.8) is 0 Å². The predicted octanol–water partition coefficient (Wildman–Crippen LogP) is 1.61. The lowest BCUT2D eigenvalue weighted by Gasteiger charge is -1.72. The zero-order valence-electron chi connectivity index (χ0n) is 5.65. The first-order valence-corrected chi connectivity index (χ1v) is 6.94. The maximum atomic E-state index is 5.41. The molecule has 8 heavy (non-hydrogen) atoms. The number of epoxide rings is 1. The van der Waals surface area contributed by atoms with E-state index in [4.69, 9.17) is 15.8 Å². The summed E-state index contributed by atoms with van der Waals surface area (Å²) in [6, 6.07) is 0. The van der Waals surface area contributed by atoms with E-state index in [2.05, 4.69) is 20.0 Å². The van der Waals surface area contributed by atoms with E-state index in [-0.39, 0.29) is 0 Å². The van der Waals surface area contributed by atoms with Crippen molar-refractivity contribution < 1.29 is 4.74 Å². The molecule has 1 nitrogen and oxygen atoms in total. The van der Waals surface area contributed by atoms with Crippen molar-refractivity contribution >= 4 is 19.2 Å². The Kier molecular flexibility index (Phi) is 4.61. The van der Waals surface area contributed by atoms with E-state index in [0.29, 0.717) is 6.10 Å². The summed E-state index contributed by atoms with van der Waals surface area (Å²) in [5, 5.41) is 0. The van der Waals surface area contributed by atoms with Crippen molar-refractivity contribution in [2.24, 2.45) is 0 Å². The van der Waals surface area contributed by atoms with Crippen LogP contribution in [-0.2, 0) is 4.74 Å². The molecule has 0 bridgehead atoms. The molecule has 1 fully saturated rings. The van der Waals surface area contributed by atoms with Gasteiger partial charge >= 0.3 is 0 Å². The van der Waals surface area contributed by atoms with E-state index < -0.39 is 8.11 Å². The summed E-state index contributed by atoms with van der Waals surface area (Å²) >= 11 is 5.41. The van der Waals surface area contributed by atoms with Gasteiger partial charge in [-0.1, -0.05) is 13.1 Å². The largest absolute Gasteiger partial charge is 0.373 e. The fraction of sp³-hybridized carbons (Fsp3) is 1.00. The maximum absolute atomic E-state index is 5.41. The first-order valence-electron chi connectivity index (χ1n) is 2.88. The van der Waals surface area contributed by atoms with Gasteiger partial charge in [-0.25, -0.2) is 0 Å². The second kappa shape index (κ2) is 4.36. The van der Waals surface area contributed by atoms with E-state index >= 15 is 0 Å². The number of hydrogen-bond donors (Lipinski definition) is 0. The zero-order chi connectivity index (χ0) is 6.57. The molecule has 0 amide bonds. The fourth-order valence-corrected chi connectivity index (χ4v) is 0.0962. The molecule has 0 radical (unpaired) electrons. The van der Waals surface area contributed by atoms with E-state index in [1.54, 1.807) is 0 Å². The Bertz CT molecular complexity index is 51.6. The molecule has 0 aliphatic carbocycles. The molecule has 0 aromatic heterocycles. The van der Waals surface area contributed by atoms with Gasteiger partial charge in [-0.05, 0) is 6.92 Å². The molecule has 0 spiro atoms. The van der Waals surface area contributed by atoms with Crippen molar-refractivity contribution in [1.82, 2.24) is 0 Å². The minimum absolute atomic E-state index is 0.583. The Morgan fingerprint density at radius 3 is 1.75 bits per heavy atom. The molecule has 1 rings (SSSR count). The van der Waals surface area contributed by atoms with Crippen LogP contribution in [0.4, 0.5) is 0 Å². The molecule has 3 heteroatoms. The molecule has 0 N–H and O–H groups in total. The molecular weight excluding hydrogens is 140 g/mol. The Balaban J connectivity index is 0.000000122. The Hall–Kier alpha value is 0.467. The van der Waals surface area contributed by atoms with E-state index in [9.17, 15) is 0 Å². The van der Waals surface area contributed by atoms with Crippen molar-refractivity contribution in [1.29, 1.82) is 0 Å². The molecule has 0 aromatic rings. The van der Waals surface area contributed by atoms with Crippen molar-refractivity contribution in [3.8, 4) is 0 Å². The number of ether oxygens (including phenoxy) is 1. The van der Waals surface area contributed by atoms with E-state index in [0.717, 1.165) is 6.61 Å². The van der Waals surface area contributed by atoms with Crippen LogP contribution in [0.3, 0.4) is 0 Å². The SMILES string of the molecule is CC1CO1.C[SiH](C)Cl. The highest BCUT2D eigenvalue weighted by molar-refractivity contribution is 7.05. The number of hydrogen-bond acceptors (Lipinski definition) is 1. The molecular formula is C5H13ClOSi. The molecule has 1 aliphatic rings. The average molecular weight is 153 g/mol. The Morgan fingerprint density at radius 2 is 1.75 bits per heavy atom. The van der Waals surface area contributed by atoms with Gasteiger partial charge in [-0.15, -0.1) is 0 Å². The molecule has 0 saturated carbocycles. The monoisotopic (exact) mass is 152 g/mol.